The van der Waals surface area contributed by atoms with Crippen molar-refractivity contribution in [2.24, 2.45) is 5.92 Å². The van der Waals surface area contributed by atoms with Crippen molar-refractivity contribution in [3.8, 4) is 0 Å². The van der Waals surface area contributed by atoms with Crippen molar-refractivity contribution in [3.05, 3.63) is 190 Å². The van der Waals surface area contributed by atoms with Crippen LogP contribution in [0.4, 0.5) is 0 Å². The number of hydrogen-bond donors (Lipinski definition) is 1. The first-order valence-corrected chi connectivity index (χ1v) is 22.5. The smallest absolute Gasteiger partial charge is 0.253 e. The molecule has 6 aromatic carbocycles. The molecule has 1 saturated heterocycles. The highest BCUT2D eigenvalue weighted by molar-refractivity contribution is 7.99. The number of carbonyl (C=O) groups is 4. The molecule has 1 fully saturated rings. The molecular weight excluding hydrogens is 781 g/mol. The summed E-state index contributed by atoms with van der Waals surface area (Å²) in [6.07, 6.45) is 5.49. The Morgan fingerprint density at radius 1 is 0.617 bits per heavy atom. The van der Waals surface area contributed by atoms with E-state index in [-0.39, 0.29) is 29.4 Å². The highest BCUT2D eigenvalue weighted by Gasteiger charge is 2.27. The summed E-state index contributed by atoms with van der Waals surface area (Å²) in [7, 11) is 0. The standard InChI is InChI=1S/C27H25NO2S.C25H23NO2S/c29-24-18-22-17-21(10-11-25(22)31-26-9-5-4-8-23(24)26)27(30)28-14-12-20(13-15-28)16-19-6-2-1-3-7-19;1-2-20(14-17-8-4-3-5-9-17)26-25(28)18-12-13-23-19(15-18)16-22(27)21-10-6-7-11-24(21)29-23/h1-11,17,20H,12-16,18H2;3-13,15,20H,2,14,16H2,1H3,(H,26,28). The Balaban J connectivity index is 0.000000167. The van der Waals surface area contributed by atoms with Gasteiger partial charge in [-0.15, -0.1) is 0 Å². The molecule has 60 heavy (non-hydrogen) atoms. The van der Waals surface area contributed by atoms with Crippen LogP contribution in [0.2, 0.25) is 0 Å². The van der Waals surface area contributed by atoms with E-state index in [0.29, 0.717) is 29.9 Å². The molecule has 0 radical (unpaired) electrons. The van der Waals surface area contributed by atoms with E-state index in [1.165, 1.54) is 11.1 Å². The number of piperidine rings is 1. The molecule has 1 N–H and O–H groups in total. The first-order chi connectivity index (χ1) is 29.3. The summed E-state index contributed by atoms with van der Waals surface area (Å²) in [6.45, 7) is 3.68. The zero-order valence-electron chi connectivity index (χ0n) is 33.8. The van der Waals surface area contributed by atoms with Crippen LogP contribution in [-0.2, 0) is 25.7 Å². The van der Waals surface area contributed by atoms with E-state index in [1.807, 2.05) is 108 Å². The van der Waals surface area contributed by atoms with Gasteiger partial charge >= 0.3 is 0 Å². The van der Waals surface area contributed by atoms with E-state index in [9.17, 15) is 19.2 Å². The lowest BCUT2D eigenvalue weighted by Crippen LogP contribution is -2.39. The van der Waals surface area contributed by atoms with Gasteiger partial charge in [0.05, 0.1) is 0 Å². The van der Waals surface area contributed by atoms with Crippen LogP contribution in [0.5, 0.6) is 0 Å². The van der Waals surface area contributed by atoms with E-state index in [1.54, 1.807) is 23.5 Å². The molecule has 8 heteroatoms. The summed E-state index contributed by atoms with van der Waals surface area (Å²) < 4.78 is 0. The minimum Gasteiger partial charge on any atom is -0.349 e. The number of rotatable bonds is 8. The summed E-state index contributed by atoms with van der Waals surface area (Å²) in [5.41, 5.74) is 7.29. The summed E-state index contributed by atoms with van der Waals surface area (Å²) in [5, 5.41) is 3.15. The molecule has 1 unspecified atom stereocenters. The van der Waals surface area contributed by atoms with Crippen LogP contribution >= 0.6 is 23.5 Å². The predicted octanol–water partition coefficient (Wildman–Crippen LogP) is 11.0. The maximum Gasteiger partial charge on any atom is 0.253 e. The van der Waals surface area contributed by atoms with Crippen LogP contribution in [0.3, 0.4) is 0 Å². The lowest BCUT2D eigenvalue weighted by molar-refractivity contribution is 0.0689. The second-order valence-corrected chi connectivity index (χ2v) is 17.9. The SMILES string of the molecule is CCC(Cc1ccccc1)NC(=O)c1ccc2c(c1)CC(=O)c1ccccc1S2.O=C1Cc2cc(C(=O)N3CCC(Cc4ccccc4)CC3)ccc2Sc2ccccc21. The molecule has 3 aliphatic heterocycles. The van der Waals surface area contributed by atoms with Crippen LogP contribution in [0.25, 0.3) is 0 Å². The van der Waals surface area contributed by atoms with Gasteiger partial charge in [0.15, 0.2) is 11.6 Å². The number of nitrogens with one attached hydrogen (secondary N) is 1. The monoisotopic (exact) mass is 828 g/mol. The first kappa shape index (κ1) is 41.1. The molecule has 302 valence electrons. The molecule has 6 nitrogen and oxygen atoms in total. The van der Waals surface area contributed by atoms with Crippen molar-refractivity contribution >= 4 is 46.9 Å². The average Bonchev–Trinajstić information content (AvgIpc) is 3.52. The van der Waals surface area contributed by atoms with Crippen LogP contribution in [0.1, 0.15) is 89.9 Å². The topological polar surface area (TPSA) is 83.5 Å². The number of likely N-dealkylation sites (tertiary alicyclic amines) is 1. The Morgan fingerprint density at radius 3 is 1.68 bits per heavy atom. The molecule has 3 heterocycles. The molecule has 1 atom stereocenters. The summed E-state index contributed by atoms with van der Waals surface area (Å²) >= 11 is 3.21. The van der Waals surface area contributed by atoms with E-state index in [4.69, 9.17) is 0 Å². The summed E-state index contributed by atoms with van der Waals surface area (Å²) in [5.74, 6) is 0.842. The number of Topliss-reactive ketones (excluding diaryl/α,β-unsaturated/α-hetero) is 2. The van der Waals surface area contributed by atoms with Gasteiger partial charge in [-0.2, -0.15) is 0 Å². The van der Waals surface area contributed by atoms with Crippen LogP contribution in [-0.4, -0.2) is 47.4 Å². The molecule has 0 bridgehead atoms. The largest absolute Gasteiger partial charge is 0.349 e. The predicted molar refractivity (Wildman–Crippen MR) is 241 cm³/mol. The average molecular weight is 829 g/mol. The Hall–Kier alpha value is -5.70. The van der Waals surface area contributed by atoms with Crippen molar-refractivity contribution < 1.29 is 19.2 Å². The van der Waals surface area contributed by atoms with E-state index >= 15 is 0 Å². The number of benzene rings is 6. The van der Waals surface area contributed by atoms with Gasteiger partial charge in [-0.1, -0.05) is 128 Å². The Bertz CT molecular complexity index is 2510. The quantitative estimate of drug-likeness (QED) is 0.165. The van der Waals surface area contributed by atoms with E-state index in [2.05, 4.69) is 54.7 Å². The third-order valence-corrected chi connectivity index (χ3v) is 14.0. The molecule has 2 amide bonds. The molecule has 9 rings (SSSR count). The lowest BCUT2D eigenvalue weighted by Gasteiger charge is -2.32. The highest BCUT2D eigenvalue weighted by atomic mass is 32.2. The van der Waals surface area contributed by atoms with E-state index < -0.39 is 0 Å². The molecule has 0 aromatic heterocycles. The van der Waals surface area contributed by atoms with Crippen LogP contribution in [0.15, 0.2) is 165 Å². The van der Waals surface area contributed by atoms with E-state index in [0.717, 1.165) is 87.0 Å². The second-order valence-electron chi connectivity index (χ2n) is 15.7. The fraction of sp³-hybridized carbons (Fsp3) is 0.231. The van der Waals surface area contributed by atoms with Crippen molar-refractivity contribution in [1.82, 2.24) is 10.2 Å². The minimum absolute atomic E-state index is 0.0731. The molecule has 0 saturated carbocycles. The normalized spacial score (nSPS) is 15.1. The number of amides is 2. The van der Waals surface area contributed by atoms with Crippen molar-refractivity contribution in [2.45, 2.75) is 77.5 Å². The van der Waals surface area contributed by atoms with Gasteiger partial charge in [-0.25, -0.2) is 0 Å². The second kappa shape index (κ2) is 19.1. The van der Waals surface area contributed by atoms with Crippen molar-refractivity contribution in [1.29, 1.82) is 0 Å². The lowest BCUT2D eigenvalue weighted by atomic mass is 9.90. The van der Waals surface area contributed by atoms with Gasteiger partial charge < -0.3 is 10.2 Å². The number of hydrogen-bond acceptors (Lipinski definition) is 6. The Kier molecular flexibility index (Phi) is 13.1. The maximum atomic E-state index is 13.2. The number of fused-ring (bicyclic) bond motifs is 4. The van der Waals surface area contributed by atoms with Gasteiger partial charge in [0, 0.05) is 73.8 Å². The van der Waals surface area contributed by atoms with Gasteiger partial charge in [-0.3, -0.25) is 19.2 Å². The van der Waals surface area contributed by atoms with Gasteiger partial charge in [-0.05, 0) is 109 Å². The van der Waals surface area contributed by atoms with Crippen LogP contribution < -0.4 is 5.32 Å². The van der Waals surface area contributed by atoms with Crippen molar-refractivity contribution in [2.75, 3.05) is 13.1 Å². The summed E-state index contributed by atoms with van der Waals surface area (Å²) in [6, 6.07) is 47.9. The Morgan fingerprint density at radius 2 is 1.12 bits per heavy atom. The maximum absolute atomic E-state index is 13.2. The van der Waals surface area contributed by atoms with Gasteiger partial charge in [0.1, 0.15) is 0 Å². The molecule has 0 aliphatic carbocycles. The number of nitrogens with zero attached hydrogens (tertiary/aromatic N) is 1. The minimum atomic E-state index is -0.0882. The molecular formula is C52H48N2O4S2. The highest BCUT2D eigenvalue weighted by Crippen LogP contribution is 2.39. The molecule has 3 aliphatic rings. The number of carbonyl (C=O) groups excluding carboxylic acids is 4. The third kappa shape index (κ3) is 9.83. The first-order valence-electron chi connectivity index (χ1n) is 20.8. The van der Waals surface area contributed by atoms with Crippen LogP contribution in [0, 0.1) is 5.92 Å². The van der Waals surface area contributed by atoms with Crippen molar-refractivity contribution in [3.63, 3.8) is 0 Å². The third-order valence-electron chi connectivity index (χ3n) is 11.6. The summed E-state index contributed by atoms with van der Waals surface area (Å²) in [4.78, 5) is 57.5. The number of ketones is 2. The zero-order valence-corrected chi connectivity index (χ0v) is 35.4. The molecule has 0 spiro atoms. The van der Waals surface area contributed by atoms with Gasteiger partial charge in [0.25, 0.3) is 11.8 Å². The fourth-order valence-electron chi connectivity index (χ4n) is 8.19. The van der Waals surface area contributed by atoms with Gasteiger partial charge in [0.2, 0.25) is 0 Å². The Labute approximate surface area is 361 Å². The zero-order chi connectivity index (χ0) is 41.4. The molecule has 6 aromatic rings. The fourth-order valence-corrected chi connectivity index (χ4v) is 10.3.